The van der Waals surface area contributed by atoms with Gasteiger partial charge in [0.2, 0.25) is 0 Å². The Hall–Kier alpha value is -1.95. The third-order valence-corrected chi connectivity index (χ3v) is 4.44. The normalized spacial score (nSPS) is 8.87. The van der Waals surface area contributed by atoms with Gasteiger partial charge in [0.25, 0.3) is 0 Å². The molecule has 5 heteroatoms. The van der Waals surface area contributed by atoms with Gasteiger partial charge in [-0.2, -0.15) is 0 Å². The van der Waals surface area contributed by atoms with Crippen LogP contribution in [0.15, 0.2) is 78.0 Å². The second-order valence-corrected chi connectivity index (χ2v) is 6.70. The van der Waals surface area contributed by atoms with Gasteiger partial charge in [0, 0.05) is 9.75 Å². The molecular formula is C18H20N2S3. The first-order valence-electron chi connectivity index (χ1n) is 6.90. The summed E-state index contributed by atoms with van der Waals surface area (Å²) in [7, 11) is 0. The van der Waals surface area contributed by atoms with Crippen molar-refractivity contribution in [2.24, 2.45) is 11.5 Å². The average molecular weight is 361 g/mol. The second kappa shape index (κ2) is 11.6. The summed E-state index contributed by atoms with van der Waals surface area (Å²) >= 11 is 7.67. The summed E-state index contributed by atoms with van der Waals surface area (Å²) in [5.41, 5.74) is 10.6. The highest BCUT2D eigenvalue weighted by Gasteiger charge is 1.96. The van der Waals surface area contributed by atoms with Gasteiger partial charge in [-0.1, -0.05) is 48.5 Å². The summed E-state index contributed by atoms with van der Waals surface area (Å²) in [6.07, 6.45) is 2.89. The minimum atomic E-state index is 0.000000000000000222. The summed E-state index contributed by atoms with van der Waals surface area (Å²) in [4.78, 5) is 2.74. The molecule has 0 saturated carbocycles. The van der Waals surface area contributed by atoms with Crippen LogP contribution in [0, 0.1) is 0 Å². The van der Waals surface area contributed by atoms with E-state index >= 15 is 0 Å². The number of allylic oxidation sites excluding steroid dienone is 1. The number of nitrogens with two attached hydrogens (primary N) is 2. The first-order valence-corrected chi connectivity index (χ1v) is 9.07. The number of thiophene rings is 2. The third-order valence-electron chi connectivity index (χ3n) is 2.51. The van der Waals surface area contributed by atoms with Gasteiger partial charge in [-0.25, -0.2) is 0 Å². The van der Waals surface area contributed by atoms with E-state index in [4.69, 9.17) is 0 Å². The van der Waals surface area contributed by atoms with E-state index in [2.05, 4.69) is 77.4 Å². The van der Waals surface area contributed by atoms with E-state index in [1.807, 2.05) is 24.3 Å². The lowest BCUT2D eigenvalue weighted by atomic mass is 10.2. The Morgan fingerprint density at radius 1 is 0.913 bits per heavy atom. The van der Waals surface area contributed by atoms with Gasteiger partial charge in [0.05, 0.1) is 0 Å². The van der Waals surface area contributed by atoms with Crippen LogP contribution in [-0.2, 0) is 6.42 Å². The Bertz CT molecular complexity index is 623. The molecule has 3 rings (SSSR count). The monoisotopic (exact) mass is 360 g/mol. The minimum Gasteiger partial charge on any atom is -0.377 e. The van der Waals surface area contributed by atoms with Gasteiger partial charge < -0.3 is 11.5 Å². The zero-order chi connectivity index (χ0) is 16.9. The van der Waals surface area contributed by atoms with Crippen molar-refractivity contribution in [1.82, 2.24) is 0 Å². The first kappa shape index (κ1) is 19.1. The van der Waals surface area contributed by atoms with Crippen molar-refractivity contribution in [1.29, 1.82) is 0 Å². The Labute approximate surface area is 151 Å². The van der Waals surface area contributed by atoms with Gasteiger partial charge in [-0.05, 0) is 47.1 Å². The molecule has 0 aliphatic carbocycles. The Kier molecular flexibility index (Phi) is 9.63. The predicted octanol–water partition coefficient (Wildman–Crippen LogP) is 5.08. The zero-order valence-electron chi connectivity index (χ0n) is 12.7. The molecule has 0 fully saturated rings. The lowest BCUT2D eigenvalue weighted by Gasteiger charge is -1.91. The fourth-order valence-electron chi connectivity index (χ4n) is 1.62. The Balaban J connectivity index is 0.000000189. The van der Waals surface area contributed by atoms with E-state index in [1.165, 1.54) is 15.3 Å². The van der Waals surface area contributed by atoms with E-state index in [0.717, 1.165) is 6.42 Å². The topological polar surface area (TPSA) is 52.0 Å². The van der Waals surface area contributed by atoms with Crippen LogP contribution in [0.3, 0.4) is 0 Å². The molecule has 0 radical (unpaired) electrons. The van der Waals surface area contributed by atoms with Crippen molar-refractivity contribution in [2.75, 3.05) is 0 Å². The highest BCUT2D eigenvalue weighted by atomic mass is 32.1. The van der Waals surface area contributed by atoms with Crippen molar-refractivity contribution >= 4 is 40.0 Å². The molecule has 0 unspecified atom stereocenters. The maximum absolute atomic E-state index is 4.62. The van der Waals surface area contributed by atoms with Crippen LogP contribution in [-0.4, -0.2) is 5.11 Å². The van der Waals surface area contributed by atoms with Gasteiger partial charge >= 0.3 is 0 Å². The van der Waals surface area contributed by atoms with E-state index < -0.39 is 0 Å². The summed E-state index contributed by atoms with van der Waals surface area (Å²) in [5, 5.41) is 4.21. The molecule has 3 aromatic rings. The van der Waals surface area contributed by atoms with Crippen LogP contribution in [0.1, 0.15) is 5.56 Å². The lowest BCUT2D eigenvalue weighted by molar-refractivity contribution is 1.28. The molecule has 2 heterocycles. The van der Waals surface area contributed by atoms with Gasteiger partial charge in [0.15, 0.2) is 5.11 Å². The van der Waals surface area contributed by atoms with Gasteiger partial charge in [-0.3, -0.25) is 0 Å². The van der Waals surface area contributed by atoms with E-state index in [9.17, 15) is 0 Å². The third kappa shape index (κ3) is 8.93. The van der Waals surface area contributed by atoms with Crippen molar-refractivity contribution < 1.29 is 0 Å². The molecular weight excluding hydrogens is 340 g/mol. The first-order chi connectivity index (χ1) is 11.1. The van der Waals surface area contributed by atoms with Crippen LogP contribution >= 0.6 is 34.9 Å². The SMILES string of the molecule is C=CCc1ccccc1.NC(N)=S.c1csc(-c2cccs2)c1. The summed E-state index contributed by atoms with van der Waals surface area (Å²) in [6.45, 7) is 3.66. The quantitative estimate of drug-likeness (QED) is 0.506. The molecule has 23 heavy (non-hydrogen) atoms. The maximum atomic E-state index is 4.62. The number of thiocarbonyl (C=S) groups is 1. The molecule has 0 atom stereocenters. The van der Waals surface area contributed by atoms with E-state index in [1.54, 1.807) is 22.7 Å². The highest BCUT2D eigenvalue weighted by molar-refractivity contribution is 7.80. The predicted molar refractivity (Wildman–Crippen MR) is 109 cm³/mol. The fourth-order valence-corrected chi connectivity index (χ4v) is 3.20. The number of benzene rings is 1. The van der Waals surface area contributed by atoms with Crippen LogP contribution in [0.2, 0.25) is 0 Å². The molecule has 0 bridgehead atoms. The van der Waals surface area contributed by atoms with Crippen LogP contribution in [0.5, 0.6) is 0 Å². The number of hydrogen-bond acceptors (Lipinski definition) is 3. The maximum Gasteiger partial charge on any atom is 0.160 e. The molecule has 0 aliphatic heterocycles. The van der Waals surface area contributed by atoms with Crippen LogP contribution in [0.25, 0.3) is 9.75 Å². The lowest BCUT2D eigenvalue weighted by Crippen LogP contribution is -2.18. The smallest absolute Gasteiger partial charge is 0.160 e. The summed E-state index contributed by atoms with van der Waals surface area (Å²) < 4.78 is 0. The Morgan fingerprint density at radius 2 is 1.39 bits per heavy atom. The average Bonchev–Trinajstić information content (AvgIpc) is 3.22. The van der Waals surface area contributed by atoms with Crippen molar-refractivity contribution in [3.8, 4) is 9.75 Å². The molecule has 2 aromatic heterocycles. The van der Waals surface area contributed by atoms with Crippen molar-refractivity contribution in [2.45, 2.75) is 6.42 Å². The summed E-state index contributed by atoms with van der Waals surface area (Å²) in [5.74, 6) is 0. The molecule has 0 aliphatic rings. The van der Waals surface area contributed by atoms with E-state index in [-0.39, 0.29) is 5.11 Å². The summed E-state index contributed by atoms with van der Waals surface area (Å²) in [6, 6.07) is 18.8. The molecule has 120 valence electrons. The minimum absolute atomic E-state index is 0.000000000000000222. The van der Waals surface area contributed by atoms with Crippen molar-refractivity contribution in [3.63, 3.8) is 0 Å². The molecule has 0 spiro atoms. The van der Waals surface area contributed by atoms with Crippen molar-refractivity contribution in [3.05, 3.63) is 83.6 Å². The molecule has 0 amide bonds. The molecule has 1 aromatic carbocycles. The largest absolute Gasteiger partial charge is 0.377 e. The molecule has 2 nitrogen and oxygen atoms in total. The van der Waals surface area contributed by atoms with Crippen LogP contribution < -0.4 is 11.5 Å². The molecule has 0 saturated heterocycles. The van der Waals surface area contributed by atoms with E-state index in [0.29, 0.717) is 0 Å². The van der Waals surface area contributed by atoms with Crippen LogP contribution in [0.4, 0.5) is 0 Å². The highest BCUT2D eigenvalue weighted by Crippen LogP contribution is 2.28. The number of hydrogen-bond donors (Lipinski definition) is 2. The van der Waals surface area contributed by atoms with Gasteiger partial charge in [0.1, 0.15) is 0 Å². The van der Waals surface area contributed by atoms with Gasteiger partial charge in [-0.15, -0.1) is 29.3 Å². The molecule has 4 N–H and O–H groups in total. The second-order valence-electron chi connectivity index (χ2n) is 4.34. The fraction of sp³-hybridized carbons (Fsp3) is 0.0556. The zero-order valence-corrected chi connectivity index (χ0v) is 15.2. The number of rotatable bonds is 3. The standard InChI is InChI=1S/C9H10.C8H6S2.CH4N2S/c1-2-6-9-7-4-3-5-8-9;1-3-7(9-5-1)8-4-2-6-10-8;2-1(3)4/h2-5,7-8H,1,6H2;1-6H;(H4,2,3,4). The Morgan fingerprint density at radius 3 is 1.74 bits per heavy atom.